The normalized spacial score (nSPS) is 31.7. The monoisotopic (exact) mass is 483 g/mol. The molecule has 0 heterocycles. The molecule has 0 aromatic rings. The van der Waals surface area contributed by atoms with Crippen LogP contribution >= 0.6 is 24.0 Å². The second-order valence-electron chi connectivity index (χ2n) is 7.55. The highest BCUT2D eigenvalue weighted by atomic mass is 127. The van der Waals surface area contributed by atoms with Crippen molar-refractivity contribution in [2.75, 3.05) is 19.3 Å². The van der Waals surface area contributed by atoms with Crippen LogP contribution in [0.25, 0.3) is 0 Å². The van der Waals surface area contributed by atoms with E-state index in [1.165, 1.54) is 44.9 Å². The molecule has 2 saturated carbocycles. The van der Waals surface area contributed by atoms with Crippen LogP contribution in [0.4, 0.5) is 0 Å². The average molecular weight is 484 g/mol. The summed E-state index contributed by atoms with van der Waals surface area (Å²) in [5.74, 6) is 3.46. The van der Waals surface area contributed by atoms with E-state index in [1.807, 2.05) is 14.0 Å². The second-order valence-corrected chi connectivity index (χ2v) is 9.55. The van der Waals surface area contributed by atoms with Crippen molar-refractivity contribution in [1.82, 2.24) is 10.6 Å². The van der Waals surface area contributed by atoms with Gasteiger partial charge in [-0.25, -0.2) is 0 Å². The first kappa shape index (κ1) is 23.2. The summed E-state index contributed by atoms with van der Waals surface area (Å²) in [5, 5.41) is 7.48. The molecule has 3 unspecified atom stereocenters. The molecule has 0 aliphatic heterocycles. The van der Waals surface area contributed by atoms with Crippen molar-refractivity contribution >= 4 is 40.7 Å². The van der Waals surface area contributed by atoms with E-state index in [9.17, 15) is 4.21 Å². The first-order chi connectivity index (χ1) is 11.7. The maximum Gasteiger partial charge on any atom is 0.191 e. The largest absolute Gasteiger partial charge is 0.356 e. The molecule has 0 spiro atoms. The molecular weight excluding hydrogens is 445 g/mol. The van der Waals surface area contributed by atoms with Gasteiger partial charge in [0.05, 0.1) is 0 Å². The minimum absolute atomic E-state index is 0. The maximum absolute atomic E-state index is 12.1. The Kier molecular flexibility index (Phi) is 11.6. The van der Waals surface area contributed by atoms with Crippen molar-refractivity contribution < 1.29 is 4.21 Å². The van der Waals surface area contributed by atoms with Crippen molar-refractivity contribution in [3.8, 4) is 0 Å². The van der Waals surface area contributed by atoms with Gasteiger partial charge in [-0.1, -0.05) is 39.5 Å². The number of halogens is 1. The molecule has 6 heteroatoms. The Morgan fingerprint density at radius 2 is 1.76 bits per heavy atom. The van der Waals surface area contributed by atoms with E-state index >= 15 is 0 Å². The summed E-state index contributed by atoms with van der Waals surface area (Å²) in [5.41, 5.74) is 0. The van der Waals surface area contributed by atoms with Crippen LogP contribution < -0.4 is 10.6 Å². The molecule has 0 bridgehead atoms. The zero-order chi connectivity index (χ0) is 17.4. The molecule has 0 aromatic heterocycles. The summed E-state index contributed by atoms with van der Waals surface area (Å²) < 4.78 is 12.1. The van der Waals surface area contributed by atoms with E-state index in [2.05, 4.69) is 22.5 Å². The fourth-order valence-corrected chi connectivity index (χ4v) is 5.57. The van der Waals surface area contributed by atoms with E-state index < -0.39 is 10.8 Å². The predicted octanol–water partition coefficient (Wildman–Crippen LogP) is 4.07. The molecule has 2 N–H and O–H groups in total. The van der Waals surface area contributed by atoms with Gasteiger partial charge in [0.2, 0.25) is 0 Å². The molecule has 2 rings (SSSR count). The third-order valence-corrected chi connectivity index (χ3v) is 7.69. The Morgan fingerprint density at radius 1 is 1.08 bits per heavy atom. The molecule has 0 amide bonds. The zero-order valence-corrected chi connectivity index (χ0v) is 19.4. The van der Waals surface area contributed by atoms with Gasteiger partial charge in [0.25, 0.3) is 0 Å². The molecule has 0 saturated heterocycles. The van der Waals surface area contributed by atoms with Gasteiger partial charge < -0.3 is 10.6 Å². The standard InChI is InChI=1S/C19H37N3OS.HI/c1-4-15-9-11-16(12-10-15)14-21-19(20-3)22-17-7-6-8-18(13-17)24(23)5-2;/h15-18H,4-14H2,1-3H3,(H2,20,21,22);1H. The SMILES string of the molecule is CCC1CCC(CNC(=NC)NC2CCCC(S(=O)CC)C2)CC1.I. The van der Waals surface area contributed by atoms with E-state index in [0.717, 1.165) is 42.9 Å². The molecule has 0 aromatic carbocycles. The van der Waals surface area contributed by atoms with Gasteiger partial charge in [0.1, 0.15) is 0 Å². The van der Waals surface area contributed by atoms with Crippen LogP contribution in [0.5, 0.6) is 0 Å². The molecule has 2 fully saturated rings. The lowest BCUT2D eigenvalue weighted by molar-refractivity contribution is 0.268. The molecule has 4 nitrogen and oxygen atoms in total. The Hall–Kier alpha value is 0.150. The van der Waals surface area contributed by atoms with E-state index in [4.69, 9.17) is 0 Å². The number of guanidine groups is 1. The molecule has 3 atom stereocenters. The molecule has 2 aliphatic carbocycles. The summed E-state index contributed by atoms with van der Waals surface area (Å²) in [4.78, 5) is 4.41. The van der Waals surface area contributed by atoms with Crippen LogP contribution in [0.1, 0.15) is 71.6 Å². The highest BCUT2D eigenvalue weighted by Crippen LogP contribution is 2.30. The average Bonchev–Trinajstić information content (AvgIpc) is 2.65. The fourth-order valence-electron chi connectivity index (χ4n) is 4.22. The Labute approximate surface area is 174 Å². The number of nitrogens with zero attached hydrogens (tertiary/aromatic N) is 1. The number of aliphatic imine (C=N–C) groups is 1. The van der Waals surface area contributed by atoms with Gasteiger partial charge in [-0.2, -0.15) is 0 Å². The zero-order valence-electron chi connectivity index (χ0n) is 16.3. The van der Waals surface area contributed by atoms with Crippen LogP contribution in [0, 0.1) is 11.8 Å². The van der Waals surface area contributed by atoms with Crippen LogP contribution in [0.15, 0.2) is 4.99 Å². The second kappa shape index (κ2) is 12.5. The van der Waals surface area contributed by atoms with Crippen LogP contribution in [0.2, 0.25) is 0 Å². The fraction of sp³-hybridized carbons (Fsp3) is 0.947. The first-order valence-corrected chi connectivity index (χ1v) is 11.4. The van der Waals surface area contributed by atoms with Crippen LogP contribution in [-0.2, 0) is 10.8 Å². The maximum atomic E-state index is 12.1. The van der Waals surface area contributed by atoms with Gasteiger partial charge >= 0.3 is 0 Å². The molecule has 25 heavy (non-hydrogen) atoms. The lowest BCUT2D eigenvalue weighted by Gasteiger charge is -2.31. The molecule has 148 valence electrons. The summed E-state index contributed by atoms with van der Waals surface area (Å²) in [7, 11) is 1.19. The van der Waals surface area contributed by atoms with Crippen LogP contribution in [-0.4, -0.2) is 40.8 Å². The van der Waals surface area contributed by atoms with E-state index in [0.29, 0.717) is 11.3 Å². The molecule has 0 radical (unpaired) electrons. The van der Waals surface area contributed by atoms with Crippen molar-refractivity contribution in [1.29, 1.82) is 0 Å². The first-order valence-electron chi connectivity index (χ1n) is 10.0. The highest BCUT2D eigenvalue weighted by Gasteiger charge is 2.26. The van der Waals surface area contributed by atoms with Gasteiger partial charge in [-0.3, -0.25) is 9.20 Å². The molecule has 2 aliphatic rings. The third kappa shape index (κ3) is 7.73. The number of hydrogen-bond donors (Lipinski definition) is 2. The van der Waals surface area contributed by atoms with Crippen molar-refractivity contribution in [3.63, 3.8) is 0 Å². The number of rotatable bonds is 6. The van der Waals surface area contributed by atoms with E-state index in [-0.39, 0.29) is 24.0 Å². The lowest BCUT2D eigenvalue weighted by Crippen LogP contribution is -2.47. The van der Waals surface area contributed by atoms with Gasteiger partial charge in [-0.05, 0) is 43.9 Å². The lowest BCUT2D eigenvalue weighted by atomic mass is 9.81. The topological polar surface area (TPSA) is 53.5 Å². The van der Waals surface area contributed by atoms with Crippen molar-refractivity contribution in [2.24, 2.45) is 16.8 Å². The van der Waals surface area contributed by atoms with Gasteiger partial charge in [-0.15, -0.1) is 24.0 Å². The van der Waals surface area contributed by atoms with Crippen LogP contribution in [0.3, 0.4) is 0 Å². The van der Waals surface area contributed by atoms with E-state index in [1.54, 1.807) is 0 Å². The summed E-state index contributed by atoms with van der Waals surface area (Å²) >= 11 is 0. The van der Waals surface area contributed by atoms with Crippen molar-refractivity contribution in [2.45, 2.75) is 82.9 Å². The Balaban J connectivity index is 0.00000312. The van der Waals surface area contributed by atoms with Crippen molar-refractivity contribution in [3.05, 3.63) is 0 Å². The molecular formula is C19H38IN3OS. The summed E-state index contributed by atoms with van der Waals surface area (Å²) in [6, 6.07) is 0.418. The summed E-state index contributed by atoms with van der Waals surface area (Å²) in [6.45, 7) is 5.38. The van der Waals surface area contributed by atoms with Gasteiger partial charge in [0, 0.05) is 41.4 Å². The minimum Gasteiger partial charge on any atom is -0.356 e. The Morgan fingerprint density at radius 3 is 2.36 bits per heavy atom. The minimum atomic E-state index is -0.663. The summed E-state index contributed by atoms with van der Waals surface area (Å²) in [6.07, 6.45) is 11.3. The quantitative estimate of drug-likeness (QED) is 0.340. The highest BCUT2D eigenvalue weighted by molar-refractivity contribution is 14.0. The van der Waals surface area contributed by atoms with Gasteiger partial charge in [0.15, 0.2) is 5.96 Å². The predicted molar refractivity (Wildman–Crippen MR) is 120 cm³/mol. The number of hydrogen-bond acceptors (Lipinski definition) is 2. The third-order valence-electron chi connectivity index (χ3n) is 5.95. The Bertz CT molecular complexity index is 425. The number of nitrogens with one attached hydrogen (secondary N) is 2. The smallest absolute Gasteiger partial charge is 0.191 e.